The van der Waals surface area contributed by atoms with Crippen molar-refractivity contribution in [3.05, 3.63) is 0 Å². The van der Waals surface area contributed by atoms with E-state index in [2.05, 4.69) is 11.8 Å². The van der Waals surface area contributed by atoms with E-state index in [0.717, 1.165) is 32.7 Å². The van der Waals surface area contributed by atoms with Gasteiger partial charge in [0.25, 0.3) is 0 Å². The number of likely N-dealkylation sites (tertiary alicyclic amines) is 1. The summed E-state index contributed by atoms with van der Waals surface area (Å²) in [6.45, 7) is 5.90. The fourth-order valence-electron chi connectivity index (χ4n) is 1.64. The van der Waals surface area contributed by atoms with Crippen molar-refractivity contribution < 1.29 is 9.84 Å². The lowest BCUT2D eigenvalue weighted by molar-refractivity contribution is 0.0254. The molecule has 1 heterocycles. The normalized spacial score (nSPS) is 32.2. The smallest absolute Gasteiger partial charge is 0.0590 e. The quantitative estimate of drug-likeness (QED) is 0.668. The van der Waals surface area contributed by atoms with Gasteiger partial charge in [0.15, 0.2) is 0 Å². The van der Waals surface area contributed by atoms with Crippen molar-refractivity contribution in [2.75, 3.05) is 33.4 Å². The minimum Gasteiger partial charge on any atom is -0.393 e. The molecule has 1 unspecified atom stereocenters. The van der Waals surface area contributed by atoms with Gasteiger partial charge in [-0.3, -0.25) is 0 Å². The molecule has 0 aromatic carbocycles. The van der Waals surface area contributed by atoms with Crippen LogP contribution in [0.15, 0.2) is 0 Å². The Morgan fingerprint density at radius 3 is 2.92 bits per heavy atom. The Hall–Kier alpha value is -0.120. The average Bonchev–Trinajstić information content (AvgIpc) is 2.07. The first-order chi connectivity index (χ1) is 5.74. The van der Waals surface area contributed by atoms with Gasteiger partial charge in [0.05, 0.1) is 12.7 Å². The highest BCUT2D eigenvalue weighted by Crippen LogP contribution is 2.15. The van der Waals surface area contributed by atoms with E-state index in [4.69, 9.17) is 4.74 Å². The zero-order chi connectivity index (χ0) is 8.97. The molecule has 0 aliphatic carbocycles. The maximum atomic E-state index is 9.46. The maximum absolute atomic E-state index is 9.46. The molecule has 3 heteroatoms. The van der Waals surface area contributed by atoms with E-state index >= 15 is 0 Å². The highest BCUT2D eigenvalue weighted by Gasteiger charge is 2.23. The van der Waals surface area contributed by atoms with Gasteiger partial charge in [-0.2, -0.15) is 0 Å². The van der Waals surface area contributed by atoms with E-state index in [1.807, 2.05) is 0 Å². The van der Waals surface area contributed by atoms with Crippen LogP contribution >= 0.6 is 0 Å². The molecule has 0 amide bonds. The van der Waals surface area contributed by atoms with Crippen molar-refractivity contribution in [2.24, 2.45) is 5.92 Å². The summed E-state index contributed by atoms with van der Waals surface area (Å²) in [6.07, 6.45) is 0.814. The third-order valence-electron chi connectivity index (χ3n) is 2.56. The Morgan fingerprint density at radius 1 is 1.58 bits per heavy atom. The summed E-state index contributed by atoms with van der Waals surface area (Å²) in [5, 5.41) is 9.46. The number of ether oxygens (including phenoxy) is 1. The topological polar surface area (TPSA) is 32.7 Å². The minimum absolute atomic E-state index is 0.0937. The Morgan fingerprint density at radius 2 is 2.33 bits per heavy atom. The molecule has 2 atom stereocenters. The average molecular weight is 173 g/mol. The number of aliphatic hydroxyl groups is 1. The van der Waals surface area contributed by atoms with Crippen LogP contribution in [0.25, 0.3) is 0 Å². The first-order valence-electron chi connectivity index (χ1n) is 4.63. The Kier molecular flexibility index (Phi) is 3.98. The van der Waals surface area contributed by atoms with E-state index in [1.54, 1.807) is 7.11 Å². The van der Waals surface area contributed by atoms with Gasteiger partial charge >= 0.3 is 0 Å². The van der Waals surface area contributed by atoms with Gasteiger partial charge in [0.1, 0.15) is 0 Å². The molecule has 1 N–H and O–H groups in total. The number of nitrogens with zero attached hydrogens (tertiary/aromatic N) is 1. The Labute approximate surface area is 74.3 Å². The van der Waals surface area contributed by atoms with Crippen LogP contribution in [-0.2, 0) is 4.74 Å². The number of piperidine rings is 1. The van der Waals surface area contributed by atoms with Crippen molar-refractivity contribution >= 4 is 0 Å². The molecule has 0 saturated carbocycles. The minimum atomic E-state index is -0.0937. The van der Waals surface area contributed by atoms with Crippen molar-refractivity contribution in [3.8, 4) is 0 Å². The van der Waals surface area contributed by atoms with Gasteiger partial charge in [-0.05, 0) is 12.3 Å². The summed E-state index contributed by atoms with van der Waals surface area (Å²) in [6, 6.07) is 0. The molecule has 0 aromatic heterocycles. The van der Waals surface area contributed by atoms with Crippen LogP contribution in [0.2, 0.25) is 0 Å². The SMILES string of the molecule is COCCN1CC[C@@H](O)C(C)C1. The first kappa shape index (κ1) is 9.96. The molecule has 1 fully saturated rings. The van der Waals surface area contributed by atoms with E-state index in [1.165, 1.54) is 0 Å². The number of rotatable bonds is 3. The summed E-state index contributed by atoms with van der Waals surface area (Å²) < 4.78 is 5.00. The standard InChI is InChI=1S/C9H19NO2/c1-8-7-10(5-6-12-2)4-3-9(8)11/h8-9,11H,3-7H2,1-2H3/t8?,9-/m1/s1. The number of hydrogen-bond acceptors (Lipinski definition) is 3. The molecule has 1 rings (SSSR count). The molecule has 1 saturated heterocycles. The zero-order valence-corrected chi connectivity index (χ0v) is 7.99. The molecule has 3 nitrogen and oxygen atoms in total. The van der Waals surface area contributed by atoms with Gasteiger partial charge in [0.2, 0.25) is 0 Å². The number of hydrogen-bond donors (Lipinski definition) is 1. The molecular weight excluding hydrogens is 154 g/mol. The summed E-state index contributed by atoms with van der Waals surface area (Å²) in [5.74, 6) is 0.413. The van der Waals surface area contributed by atoms with Crippen molar-refractivity contribution in [2.45, 2.75) is 19.4 Å². The van der Waals surface area contributed by atoms with Crippen molar-refractivity contribution in [1.29, 1.82) is 0 Å². The number of methoxy groups -OCH3 is 1. The van der Waals surface area contributed by atoms with Crippen LogP contribution in [0.1, 0.15) is 13.3 Å². The molecule has 72 valence electrons. The number of aliphatic hydroxyl groups excluding tert-OH is 1. The third kappa shape index (κ3) is 2.73. The van der Waals surface area contributed by atoms with Crippen LogP contribution in [0.5, 0.6) is 0 Å². The van der Waals surface area contributed by atoms with E-state index in [-0.39, 0.29) is 6.10 Å². The fraction of sp³-hybridized carbons (Fsp3) is 1.00. The molecule has 1 aliphatic rings. The lowest BCUT2D eigenvalue weighted by atomic mass is 9.97. The largest absolute Gasteiger partial charge is 0.393 e. The van der Waals surface area contributed by atoms with Crippen LogP contribution in [0.4, 0.5) is 0 Å². The first-order valence-corrected chi connectivity index (χ1v) is 4.63. The van der Waals surface area contributed by atoms with Crippen LogP contribution < -0.4 is 0 Å². The van der Waals surface area contributed by atoms with Gasteiger partial charge < -0.3 is 14.7 Å². The van der Waals surface area contributed by atoms with Crippen molar-refractivity contribution in [3.63, 3.8) is 0 Å². The second-order valence-electron chi connectivity index (χ2n) is 3.63. The van der Waals surface area contributed by atoms with Gasteiger partial charge in [-0.1, -0.05) is 6.92 Å². The monoisotopic (exact) mass is 173 g/mol. The molecule has 0 radical (unpaired) electrons. The molecular formula is C9H19NO2. The second kappa shape index (κ2) is 4.80. The summed E-state index contributed by atoms with van der Waals surface area (Å²) in [4.78, 5) is 2.35. The Bertz CT molecular complexity index is 128. The third-order valence-corrected chi connectivity index (χ3v) is 2.56. The van der Waals surface area contributed by atoms with E-state index in [0.29, 0.717) is 5.92 Å². The highest BCUT2D eigenvalue weighted by atomic mass is 16.5. The lowest BCUT2D eigenvalue weighted by Gasteiger charge is -2.34. The molecule has 1 aliphatic heterocycles. The summed E-state index contributed by atoms with van der Waals surface area (Å²) in [7, 11) is 1.72. The lowest BCUT2D eigenvalue weighted by Crippen LogP contribution is -2.43. The van der Waals surface area contributed by atoms with Gasteiger partial charge in [-0.15, -0.1) is 0 Å². The predicted octanol–water partition coefficient (Wildman–Crippen LogP) is 0.335. The predicted molar refractivity (Wildman–Crippen MR) is 48.1 cm³/mol. The second-order valence-corrected chi connectivity index (χ2v) is 3.63. The maximum Gasteiger partial charge on any atom is 0.0590 e. The van der Waals surface area contributed by atoms with Gasteiger partial charge in [0, 0.05) is 26.7 Å². The Balaban J connectivity index is 2.21. The molecule has 0 aromatic rings. The van der Waals surface area contributed by atoms with Crippen LogP contribution in [-0.4, -0.2) is 49.5 Å². The van der Waals surface area contributed by atoms with Gasteiger partial charge in [-0.25, -0.2) is 0 Å². The van der Waals surface area contributed by atoms with Crippen LogP contribution in [0, 0.1) is 5.92 Å². The molecule has 12 heavy (non-hydrogen) atoms. The van der Waals surface area contributed by atoms with E-state index < -0.39 is 0 Å². The highest BCUT2D eigenvalue weighted by molar-refractivity contribution is 4.76. The molecule has 0 bridgehead atoms. The summed E-state index contributed by atoms with van der Waals surface area (Å²) >= 11 is 0. The zero-order valence-electron chi connectivity index (χ0n) is 7.99. The fourth-order valence-corrected chi connectivity index (χ4v) is 1.64. The molecule has 0 spiro atoms. The van der Waals surface area contributed by atoms with Crippen molar-refractivity contribution in [1.82, 2.24) is 4.90 Å². The summed E-state index contributed by atoms with van der Waals surface area (Å²) in [5.41, 5.74) is 0. The van der Waals surface area contributed by atoms with E-state index in [9.17, 15) is 5.11 Å². The van der Waals surface area contributed by atoms with Crippen LogP contribution in [0.3, 0.4) is 0 Å².